The zero-order chi connectivity index (χ0) is 10.7. The van der Waals surface area contributed by atoms with E-state index in [2.05, 4.69) is 0 Å². The Kier molecular flexibility index (Phi) is 3.07. The Bertz CT molecular complexity index is 369. The molecule has 0 aliphatic heterocycles. The van der Waals surface area contributed by atoms with Crippen molar-refractivity contribution in [3.05, 3.63) is 34.9 Å². The summed E-state index contributed by atoms with van der Waals surface area (Å²) in [4.78, 5) is 0. The van der Waals surface area contributed by atoms with Gasteiger partial charge in [-0.05, 0) is 6.42 Å². The SMILES string of the molecule is N#CCCc1c(F)c(F)cc(F)c1F. The Balaban J connectivity index is 3.19. The molecule has 0 unspecified atom stereocenters. The van der Waals surface area contributed by atoms with Gasteiger partial charge in [-0.1, -0.05) is 0 Å². The fourth-order valence-electron chi connectivity index (χ4n) is 1.02. The minimum atomic E-state index is -1.45. The minimum absolute atomic E-state index is 0.139. The Morgan fingerprint density at radius 3 is 2.00 bits per heavy atom. The molecule has 0 aromatic heterocycles. The van der Waals surface area contributed by atoms with Gasteiger partial charge in [0.15, 0.2) is 23.3 Å². The summed E-state index contributed by atoms with van der Waals surface area (Å²) in [6, 6.07) is 1.77. The summed E-state index contributed by atoms with van der Waals surface area (Å²) in [7, 11) is 0. The van der Waals surface area contributed by atoms with Gasteiger partial charge in [0.1, 0.15) is 0 Å². The first-order valence-corrected chi connectivity index (χ1v) is 3.76. The van der Waals surface area contributed by atoms with Crippen LogP contribution in [0.2, 0.25) is 0 Å². The maximum absolute atomic E-state index is 12.9. The van der Waals surface area contributed by atoms with Crippen molar-refractivity contribution >= 4 is 0 Å². The molecular weight excluding hydrogens is 198 g/mol. The first-order chi connectivity index (χ1) is 6.57. The van der Waals surface area contributed by atoms with Crippen molar-refractivity contribution in [2.24, 2.45) is 0 Å². The van der Waals surface area contributed by atoms with E-state index in [1.807, 2.05) is 0 Å². The van der Waals surface area contributed by atoms with E-state index in [1.54, 1.807) is 6.07 Å². The third kappa shape index (κ3) is 1.84. The van der Waals surface area contributed by atoms with E-state index in [1.165, 1.54) is 0 Å². The molecule has 74 valence electrons. The van der Waals surface area contributed by atoms with E-state index in [4.69, 9.17) is 5.26 Å². The topological polar surface area (TPSA) is 23.8 Å². The van der Waals surface area contributed by atoms with Gasteiger partial charge >= 0.3 is 0 Å². The van der Waals surface area contributed by atoms with E-state index >= 15 is 0 Å². The van der Waals surface area contributed by atoms with Crippen molar-refractivity contribution in [1.82, 2.24) is 0 Å². The lowest BCUT2D eigenvalue weighted by molar-refractivity contribution is 0.439. The van der Waals surface area contributed by atoms with Gasteiger partial charge in [0.2, 0.25) is 0 Å². The van der Waals surface area contributed by atoms with Crippen molar-refractivity contribution in [3.63, 3.8) is 0 Å². The fourth-order valence-corrected chi connectivity index (χ4v) is 1.02. The molecule has 0 amide bonds. The summed E-state index contributed by atoms with van der Waals surface area (Å²) < 4.78 is 50.9. The molecule has 0 spiro atoms. The molecule has 1 nitrogen and oxygen atoms in total. The lowest BCUT2D eigenvalue weighted by Crippen LogP contribution is -2.02. The second-order valence-corrected chi connectivity index (χ2v) is 2.60. The van der Waals surface area contributed by atoms with Gasteiger partial charge in [-0.15, -0.1) is 0 Å². The van der Waals surface area contributed by atoms with Crippen molar-refractivity contribution in [2.75, 3.05) is 0 Å². The van der Waals surface area contributed by atoms with E-state index in [0.717, 1.165) is 0 Å². The van der Waals surface area contributed by atoms with Crippen LogP contribution >= 0.6 is 0 Å². The fraction of sp³-hybridized carbons (Fsp3) is 0.222. The highest BCUT2D eigenvalue weighted by Gasteiger charge is 2.18. The smallest absolute Gasteiger partial charge is 0.165 e. The van der Waals surface area contributed by atoms with E-state index in [-0.39, 0.29) is 18.9 Å². The van der Waals surface area contributed by atoms with Crippen LogP contribution in [0.1, 0.15) is 12.0 Å². The third-order valence-corrected chi connectivity index (χ3v) is 1.69. The van der Waals surface area contributed by atoms with E-state index in [9.17, 15) is 17.6 Å². The molecule has 0 bridgehead atoms. The number of halogens is 4. The van der Waals surface area contributed by atoms with Crippen LogP contribution in [-0.2, 0) is 6.42 Å². The van der Waals surface area contributed by atoms with Crippen LogP contribution in [0.15, 0.2) is 6.07 Å². The molecule has 0 radical (unpaired) electrons. The number of hydrogen-bond donors (Lipinski definition) is 0. The zero-order valence-corrected chi connectivity index (χ0v) is 6.95. The predicted molar refractivity (Wildman–Crippen MR) is 40.2 cm³/mol. The third-order valence-electron chi connectivity index (χ3n) is 1.69. The van der Waals surface area contributed by atoms with Crippen LogP contribution in [0, 0.1) is 34.6 Å². The van der Waals surface area contributed by atoms with Gasteiger partial charge in [-0.3, -0.25) is 0 Å². The number of nitriles is 1. The molecular formula is C9H5F4N. The number of nitrogens with zero attached hydrogens (tertiary/aromatic N) is 1. The lowest BCUT2D eigenvalue weighted by atomic mass is 10.1. The van der Waals surface area contributed by atoms with Gasteiger partial charge in [-0.2, -0.15) is 5.26 Å². The molecule has 5 heteroatoms. The van der Waals surface area contributed by atoms with Crippen LogP contribution in [0.4, 0.5) is 17.6 Å². The van der Waals surface area contributed by atoms with Crippen molar-refractivity contribution in [1.29, 1.82) is 5.26 Å². The van der Waals surface area contributed by atoms with Gasteiger partial charge in [0.05, 0.1) is 6.07 Å². The molecule has 1 aromatic rings. The maximum atomic E-state index is 12.9. The summed E-state index contributed by atoms with van der Waals surface area (Å²) in [6.45, 7) is 0. The highest BCUT2D eigenvalue weighted by atomic mass is 19.2. The van der Waals surface area contributed by atoms with Crippen LogP contribution in [0.3, 0.4) is 0 Å². The molecule has 0 aliphatic carbocycles. The Hall–Kier alpha value is -1.57. The molecule has 0 N–H and O–H groups in total. The highest BCUT2D eigenvalue weighted by Crippen LogP contribution is 2.20. The quantitative estimate of drug-likeness (QED) is 0.535. The van der Waals surface area contributed by atoms with E-state index in [0.29, 0.717) is 0 Å². The standard InChI is InChI=1S/C9H5F4N/c10-6-4-7(11)9(13)5(8(6)12)2-1-3-14/h4H,1-2H2. The van der Waals surface area contributed by atoms with Crippen molar-refractivity contribution in [3.8, 4) is 6.07 Å². The second kappa shape index (κ2) is 4.09. The predicted octanol–water partition coefficient (Wildman–Crippen LogP) is 2.70. The summed E-state index contributed by atoms with van der Waals surface area (Å²) in [5.74, 6) is -5.76. The zero-order valence-electron chi connectivity index (χ0n) is 6.95. The van der Waals surface area contributed by atoms with Crippen LogP contribution in [0.25, 0.3) is 0 Å². The van der Waals surface area contributed by atoms with Crippen LogP contribution in [-0.4, -0.2) is 0 Å². The summed E-state index contributed by atoms with van der Waals surface area (Å²) in [5.41, 5.74) is -0.718. The highest BCUT2D eigenvalue weighted by molar-refractivity contribution is 5.23. The van der Waals surface area contributed by atoms with E-state index < -0.39 is 28.8 Å². The maximum Gasteiger partial charge on any atom is 0.165 e. The summed E-state index contributed by atoms with van der Waals surface area (Å²) >= 11 is 0. The molecule has 0 aliphatic rings. The Labute approximate surface area is 77.6 Å². The molecule has 1 rings (SSSR count). The molecule has 0 heterocycles. The number of rotatable bonds is 2. The molecule has 0 saturated heterocycles. The molecule has 0 fully saturated rings. The molecule has 1 aromatic carbocycles. The molecule has 0 atom stereocenters. The first kappa shape index (κ1) is 10.5. The van der Waals surface area contributed by atoms with Crippen LogP contribution in [0.5, 0.6) is 0 Å². The van der Waals surface area contributed by atoms with Gasteiger partial charge in [0, 0.05) is 18.1 Å². The first-order valence-electron chi connectivity index (χ1n) is 3.76. The lowest BCUT2D eigenvalue weighted by Gasteiger charge is -2.04. The number of hydrogen-bond acceptors (Lipinski definition) is 1. The van der Waals surface area contributed by atoms with Crippen LogP contribution < -0.4 is 0 Å². The monoisotopic (exact) mass is 203 g/mol. The van der Waals surface area contributed by atoms with Gasteiger partial charge in [-0.25, -0.2) is 17.6 Å². The molecule has 0 saturated carbocycles. The number of benzene rings is 1. The largest absolute Gasteiger partial charge is 0.204 e. The van der Waals surface area contributed by atoms with Gasteiger partial charge < -0.3 is 0 Å². The summed E-state index contributed by atoms with van der Waals surface area (Å²) in [5, 5.41) is 8.17. The summed E-state index contributed by atoms with van der Waals surface area (Å²) in [6.07, 6.45) is -0.542. The Morgan fingerprint density at radius 2 is 1.57 bits per heavy atom. The average Bonchev–Trinajstić information content (AvgIpc) is 2.15. The Morgan fingerprint density at radius 1 is 1.07 bits per heavy atom. The molecule has 14 heavy (non-hydrogen) atoms. The second-order valence-electron chi connectivity index (χ2n) is 2.60. The minimum Gasteiger partial charge on any atom is -0.204 e. The average molecular weight is 203 g/mol. The normalized spacial score (nSPS) is 9.93. The van der Waals surface area contributed by atoms with Crippen molar-refractivity contribution < 1.29 is 17.6 Å². The van der Waals surface area contributed by atoms with Gasteiger partial charge in [0.25, 0.3) is 0 Å². The van der Waals surface area contributed by atoms with Crippen molar-refractivity contribution in [2.45, 2.75) is 12.8 Å².